The first kappa shape index (κ1) is 71.0. The average Bonchev–Trinajstić information content (AvgIpc) is 1.03. The Balaban J connectivity index is 1.24. The van der Waals surface area contributed by atoms with Crippen LogP contribution in [-0.4, -0.2) is 214 Å². The highest BCUT2D eigenvalue weighted by Gasteiger charge is 2.32. The molecule has 0 aliphatic heterocycles. The quantitative estimate of drug-likeness (QED) is 0.0187. The molecule has 2 fully saturated rings. The molecule has 0 spiro atoms. The van der Waals surface area contributed by atoms with Gasteiger partial charge in [0.2, 0.25) is 0 Å². The summed E-state index contributed by atoms with van der Waals surface area (Å²) in [5.74, 6) is -3.29. The Morgan fingerprint density at radius 2 is 0.589 bits per heavy atom. The molecule has 0 heterocycles. The fraction of sp³-hybridized carbons (Fsp3) is 0.517. The van der Waals surface area contributed by atoms with Gasteiger partial charge in [0.1, 0.15) is 60.9 Å². The van der Waals surface area contributed by atoms with Crippen LogP contribution in [0.15, 0.2) is 36.4 Å². The van der Waals surface area contributed by atoms with E-state index in [1.807, 2.05) is 38.0 Å². The molecule has 32 heteroatoms. The molecular weight excluding hydrogens is 1170 g/mol. The van der Waals surface area contributed by atoms with Crippen molar-refractivity contribution in [3.05, 3.63) is 69.8 Å². The van der Waals surface area contributed by atoms with E-state index in [-0.39, 0.29) is 168 Å². The van der Waals surface area contributed by atoms with Crippen molar-refractivity contribution in [3.63, 3.8) is 0 Å². The third kappa shape index (κ3) is 23.1. The molecule has 0 atom stereocenters. The van der Waals surface area contributed by atoms with Crippen molar-refractivity contribution in [1.82, 2.24) is 63.0 Å². The predicted octanol–water partition coefficient (Wildman–Crippen LogP) is -1.32. The Morgan fingerprint density at radius 1 is 0.367 bits per heavy atom. The van der Waals surface area contributed by atoms with Crippen molar-refractivity contribution in [3.8, 4) is 34.5 Å². The van der Waals surface area contributed by atoms with E-state index in [9.17, 15) is 28.8 Å². The molecule has 90 heavy (non-hydrogen) atoms. The lowest BCUT2D eigenvalue weighted by molar-refractivity contribution is 0.0882. The van der Waals surface area contributed by atoms with Crippen LogP contribution in [0.25, 0.3) is 0 Å². The molecule has 2 saturated carbocycles. The van der Waals surface area contributed by atoms with Crippen LogP contribution in [0.1, 0.15) is 114 Å². The fourth-order valence-electron chi connectivity index (χ4n) is 9.74. The Kier molecular flexibility index (Phi) is 28.4. The number of amides is 6. The van der Waals surface area contributed by atoms with E-state index in [1.165, 1.54) is 50.6 Å². The average molecular weight is 1260 g/mol. The van der Waals surface area contributed by atoms with Crippen LogP contribution >= 0.6 is 0 Å². The summed E-state index contributed by atoms with van der Waals surface area (Å²) >= 11 is 0. The lowest BCUT2D eigenvalue weighted by Gasteiger charge is -2.30. The van der Waals surface area contributed by atoms with Gasteiger partial charge >= 0.3 is 0 Å². The molecule has 32 nitrogen and oxygen atoms in total. The number of nitrogens with two attached hydrogens (primary N) is 4. The molecule has 0 unspecified atom stereocenters. The fourth-order valence-corrected chi connectivity index (χ4v) is 9.74. The zero-order valence-electron chi connectivity index (χ0n) is 52.0. The highest BCUT2D eigenvalue weighted by atomic mass is 16.5. The Morgan fingerprint density at radius 3 is 0.811 bits per heavy atom. The molecule has 3 aromatic carbocycles. The van der Waals surface area contributed by atoms with Crippen LogP contribution in [0.2, 0.25) is 0 Å². The number of methoxy groups -OCH3 is 2. The van der Waals surface area contributed by atoms with E-state index in [4.69, 9.17) is 73.0 Å². The second kappa shape index (κ2) is 35.9. The number of benzene rings is 3. The highest BCUT2D eigenvalue weighted by Crippen LogP contribution is 2.34. The highest BCUT2D eigenvalue weighted by molar-refractivity contribution is 6.05. The van der Waals surface area contributed by atoms with Crippen molar-refractivity contribution >= 4 is 59.3 Å². The van der Waals surface area contributed by atoms with Gasteiger partial charge in [0.25, 0.3) is 35.4 Å². The maximum Gasteiger partial charge on any atom is 0.255 e. The largest absolute Gasteiger partial charge is 0.496 e. The number of nitrogens with zero attached hydrogens (tertiary/aromatic N) is 2. The van der Waals surface area contributed by atoms with Gasteiger partial charge in [-0.3, -0.25) is 50.4 Å². The van der Waals surface area contributed by atoms with Gasteiger partial charge in [0, 0.05) is 68.5 Å². The van der Waals surface area contributed by atoms with Gasteiger partial charge in [-0.05, 0) is 97.8 Å². The minimum atomic E-state index is -0.522. The number of carbonyl (C=O) groups excluding carboxylic acids is 6. The second-order valence-corrected chi connectivity index (χ2v) is 21.8. The van der Waals surface area contributed by atoms with Crippen molar-refractivity contribution < 1.29 is 57.2 Å². The summed E-state index contributed by atoms with van der Waals surface area (Å²) < 4.78 is 35.2. The molecule has 0 saturated heterocycles. The summed E-state index contributed by atoms with van der Waals surface area (Å²) in [6.45, 7) is 2.29. The van der Waals surface area contributed by atoms with Crippen molar-refractivity contribution in [2.45, 2.75) is 75.5 Å². The molecule has 0 radical (unpaired) electrons. The summed E-state index contributed by atoms with van der Waals surface area (Å²) in [5, 5.41) is 58.6. The standard InChI is InChI=1S/C58H90N20O12/c1-77(2)21-15-67-49(79)39-28-41(47(89-25-19-71-57(63)64)31-45(39)87-23-17-69-55(59)60)53(83)75-35-11-7-33(8-12-35)73-51(81)37-27-38(44(86-6)30-43(37)85-5)52(82)74-34-9-13-36(14-10-34)76-54(84)42-29-40(50(80)68-16-22-78(3)4)46(88-24-18-70-56(61)62)32-48(42)90-26-20-72-58(65)66/h27-36H,7-26H2,1-6H3,(H,67,79)(H,68,80)(H,73,81)(H,74,82)(H,75,83)(H,76,84)(H4,59,60,69)(H4,61,62,70)(H4,63,64,71)(H4,65,66,72)/t33-,34-,35+,36+. The molecule has 2 aliphatic carbocycles. The molecule has 0 bridgehead atoms. The van der Waals surface area contributed by atoms with Gasteiger partial charge < -0.3 is 114 Å². The predicted molar refractivity (Wildman–Crippen MR) is 338 cm³/mol. The van der Waals surface area contributed by atoms with Crippen LogP contribution in [0.5, 0.6) is 34.5 Å². The van der Waals surface area contributed by atoms with Gasteiger partial charge in [0.15, 0.2) is 23.8 Å². The monoisotopic (exact) mass is 1260 g/mol. The topological polar surface area (TPSA) is 484 Å². The van der Waals surface area contributed by atoms with E-state index >= 15 is 0 Å². The minimum absolute atomic E-state index is 0.00624. The SMILES string of the molecule is COc1cc(OC)c(C(=O)N[C@H]2CC[C@@H](NC(=O)c3cc(C(=O)NCCN(C)C)c(OCCNC(=N)N)cc3OCCNC(=N)N)CC2)cc1C(=O)N[C@H]1CC[C@@H](NC(=O)c2cc(C(=O)NCCN(C)C)c(OCCNC(=N)N)cc2OCCNC(=N)N)CC1. The van der Waals surface area contributed by atoms with E-state index < -0.39 is 35.4 Å². The van der Waals surface area contributed by atoms with Gasteiger partial charge in [-0.1, -0.05) is 0 Å². The zero-order valence-corrected chi connectivity index (χ0v) is 52.0. The third-order valence-corrected chi connectivity index (χ3v) is 14.3. The zero-order chi connectivity index (χ0) is 65.9. The van der Waals surface area contributed by atoms with E-state index in [0.29, 0.717) is 77.5 Å². The smallest absolute Gasteiger partial charge is 0.255 e. The lowest BCUT2D eigenvalue weighted by atomic mass is 9.90. The number of nitrogens with one attached hydrogen (secondary N) is 14. The number of guanidine groups is 4. The molecule has 0 aromatic heterocycles. The molecule has 2 aliphatic rings. The number of ether oxygens (including phenoxy) is 6. The first-order valence-electron chi connectivity index (χ1n) is 29.5. The molecule has 6 amide bonds. The van der Waals surface area contributed by atoms with Crippen LogP contribution in [0, 0.1) is 21.6 Å². The summed E-state index contributed by atoms with van der Waals surface area (Å²) in [5.41, 5.74) is 22.2. The molecule has 5 rings (SSSR count). The van der Waals surface area contributed by atoms with Crippen LogP contribution in [-0.2, 0) is 0 Å². The number of carbonyl (C=O) groups is 6. The summed E-state index contributed by atoms with van der Waals surface area (Å²) in [6.07, 6.45) is 3.76. The number of rotatable bonds is 34. The number of hydrogen-bond acceptors (Lipinski definition) is 18. The molecule has 22 N–H and O–H groups in total. The second-order valence-electron chi connectivity index (χ2n) is 21.8. The van der Waals surface area contributed by atoms with Crippen molar-refractivity contribution in [1.29, 1.82) is 21.6 Å². The van der Waals surface area contributed by atoms with E-state index in [0.717, 1.165) is 0 Å². The Labute approximate surface area is 523 Å². The first-order valence-corrected chi connectivity index (χ1v) is 29.5. The number of likely N-dealkylation sites (N-methyl/N-ethyl adjacent to an activating group) is 2. The van der Waals surface area contributed by atoms with Gasteiger partial charge in [0.05, 0.1) is 73.8 Å². The Bertz CT molecular complexity index is 2810. The normalized spacial score (nSPS) is 16.0. The molecule has 3 aromatic rings. The van der Waals surface area contributed by atoms with Gasteiger partial charge in [-0.15, -0.1) is 0 Å². The van der Waals surface area contributed by atoms with Crippen LogP contribution < -0.4 is 105 Å². The summed E-state index contributed by atoms with van der Waals surface area (Å²) in [4.78, 5) is 87.7. The summed E-state index contributed by atoms with van der Waals surface area (Å²) in [6, 6.07) is 7.30. The van der Waals surface area contributed by atoms with E-state index in [1.54, 1.807) is 0 Å². The van der Waals surface area contributed by atoms with Gasteiger partial charge in [-0.2, -0.15) is 0 Å². The van der Waals surface area contributed by atoms with Gasteiger partial charge in [-0.25, -0.2) is 0 Å². The van der Waals surface area contributed by atoms with Crippen molar-refractivity contribution in [2.24, 2.45) is 22.9 Å². The summed E-state index contributed by atoms with van der Waals surface area (Å²) in [7, 11) is 10.3. The van der Waals surface area contributed by atoms with Crippen molar-refractivity contribution in [2.75, 3.05) is 121 Å². The molecular formula is C58H90N20O12. The Hall–Kier alpha value is -9.72. The first-order chi connectivity index (χ1) is 43.0. The third-order valence-electron chi connectivity index (χ3n) is 14.3. The van der Waals surface area contributed by atoms with Crippen LogP contribution in [0.4, 0.5) is 0 Å². The lowest BCUT2D eigenvalue weighted by Crippen LogP contribution is -2.44. The minimum Gasteiger partial charge on any atom is -0.496 e. The maximum atomic E-state index is 14.2. The maximum absolute atomic E-state index is 14.2. The molecule has 494 valence electrons. The number of hydrogen-bond donors (Lipinski definition) is 18. The van der Waals surface area contributed by atoms with E-state index in [2.05, 4.69) is 53.2 Å². The van der Waals surface area contributed by atoms with Crippen LogP contribution in [0.3, 0.4) is 0 Å².